The van der Waals surface area contributed by atoms with E-state index in [-0.39, 0.29) is 24.7 Å². The molecule has 0 saturated carbocycles. The molecule has 0 bridgehead atoms. The van der Waals surface area contributed by atoms with Crippen LogP contribution in [0.2, 0.25) is 0 Å². The highest BCUT2D eigenvalue weighted by Crippen LogP contribution is 2.27. The Morgan fingerprint density at radius 2 is 1.65 bits per heavy atom. The van der Waals surface area contributed by atoms with Gasteiger partial charge in [-0.05, 0) is 25.1 Å². The van der Waals surface area contributed by atoms with E-state index in [1.54, 1.807) is 0 Å². The van der Waals surface area contributed by atoms with E-state index >= 15 is 0 Å². The lowest BCUT2D eigenvalue weighted by Gasteiger charge is -2.17. The maximum Gasteiger partial charge on any atom is 0.422 e. The minimum absolute atomic E-state index is 0. The van der Waals surface area contributed by atoms with Crippen molar-refractivity contribution in [2.75, 3.05) is 19.8 Å². The Morgan fingerprint density at radius 1 is 1.12 bits per heavy atom. The number of alkyl halides is 6. The maximum atomic E-state index is 12.3. The van der Waals surface area contributed by atoms with Gasteiger partial charge >= 0.3 is 12.4 Å². The van der Waals surface area contributed by atoms with Gasteiger partial charge in [-0.2, -0.15) is 26.3 Å². The number of ether oxygens (including phenoxy) is 2. The van der Waals surface area contributed by atoms with Crippen LogP contribution in [0.5, 0.6) is 11.5 Å². The molecule has 12 heteroatoms. The van der Waals surface area contributed by atoms with E-state index in [4.69, 9.17) is 5.73 Å². The molecular weight excluding hydrogens is 394 g/mol. The molecule has 0 heterocycles. The molecule has 26 heavy (non-hydrogen) atoms. The first kappa shape index (κ1) is 24.1. The summed E-state index contributed by atoms with van der Waals surface area (Å²) in [5.41, 5.74) is 4.93. The first-order valence-electron chi connectivity index (χ1n) is 6.95. The van der Waals surface area contributed by atoms with Gasteiger partial charge in [-0.3, -0.25) is 4.79 Å². The Hall–Kier alpha value is -1.88. The largest absolute Gasteiger partial charge is 0.484 e. The zero-order valence-corrected chi connectivity index (χ0v) is 14.2. The van der Waals surface area contributed by atoms with Crippen molar-refractivity contribution in [3.8, 4) is 11.5 Å². The first-order valence-corrected chi connectivity index (χ1v) is 6.95. The van der Waals surface area contributed by atoms with Crippen molar-refractivity contribution >= 4 is 18.3 Å². The topological polar surface area (TPSA) is 73.6 Å². The minimum Gasteiger partial charge on any atom is -0.484 e. The molecule has 0 aromatic heterocycles. The summed E-state index contributed by atoms with van der Waals surface area (Å²) in [6.45, 7) is -1.69. The maximum absolute atomic E-state index is 12.3. The van der Waals surface area contributed by atoms with Crippen LogP contribution in [0.4, 0.5) is 26.3 Å². The number of hydrogen-bond donors (Lipinski definition) is 2. The van der Waals surface area contributed by atoms with Crippen LogP contribution in [0, 0.1) is 0 Å². The number of amides is 1. The fourth-order valence-corrected chi connectivity index (χ4v) is 1.59. The van der Waals surface area contributed by atoms with Crippen molar-refractivity contribution in [2.24, 2.45) is 5.73 Å². The number of benzene rings is 1. The Morgan fingerprint density at radius 3 is 2.15 bits per heavy atom. The number of carbonyl (C=O) groups is 1. The van der Waals surface area contributed by atoms with Gasteiger partial charge in [0, 0.05) is 12.6 Å². The molecule has 0 aliphatic rings. The van der Waals surface area contributed by atoms with Crippen LogP contribution in [-0.2, 0) is 0 Å². The third-order valence-electron chi connectivity index (χ3n) is 2.72. The van der Waals surface area contributed by atoms with Gasteiger partial charge in [0.2, 0.25) is 0 Å². The predicted octanol–water partition coefficient (Wildman–Crippen LogP) is 3.07. The van der Waals surface area contributed by atoms with E-state index < -0.39 is 48.8 Å². The van der Waals surface area contributed by atoms with E-state index in [2.05, 4.69) is 14.8 Å². The minimum atomic E-state index is -4.65. The van der Waals surface area contributed by atoms with Crippen molar-refractivity contribution in [1.29, 1.82) is 0 Å². The molecule has 1 amide bonds. The normalized spacial score (nSPS) is 12.8. The summed E-state index contributed by atoms with van der Waals surface area (Å²) in [5, 5.41) is 2.38. The zero-order chi connectivity index (χ0) is 19.3. The second-order valence-corrected chi connectivity index (χ2v) is 5.08. The monoisotopic (exact) mass is 410 g/mol. The fraction of sp³-hybridized carbons (Fsp3) is 0.500. The van der Waals surface area contributed by atoms with E-state index in [0.29, 0.717) is 0 Å². The molecule has 1 atom stereocenters. The van der Waals surface area contributed by atoms with Gasteiger partial charge in [-0.15, -0.1) is 12.4 Å². The summed E-state index contributed by atoms with van der Waals surface area (Å²) in [6.07, 6.45) is -9.26. The molecule has 0 spiro atoms. The number of halogens is 7. The number of rotatable bonds is 7. The van der Waals surface area contributed by atoms with E-state index in [1.807, 2.05) is 0 Å². The summed E-state index contributed by atoms with van der Waals surface area (Å²) in [6, 6.07) is 2.26. The van der Waals surface area contributed by atoms with E-state index in [9.17, 15) is 31.1 Å². The summed E-state index contributed by atoms with van der Waals surface area (Å²) >= 11 is 0. The molecule has 1 aromatic carbocycles. The average Bonchev–Trinajstić information content (AvgIpc) is 2.49. The first-order chi connectivity index (χ1) is 11.4. The highest BCUT2D eigenvalue weighted by atomic mass is 35.5. The van der Waals surface area contributed by atoms with E-state index in [0.717, 1.165) is 18.2 Å². The average molecular weight is 411 g/mol. The van der Waals surface area contributed by atoms with Crippen molar-refractivity contribution in [2.45, 2.75) is 25.3 Å². The molecule has 0 fully saturated rings. The second kappa shape index (κ2) is 9.72. The van der Waals surface area contributed by atoms with Crippen LogP contribution in [-0.4, -0.2) is 44.1 Å². The van der Waals surface area contributed by atoms with Gasteiger partial charge in [0.1, 0.15) is 11.5 Å². The van der Waals surface area contributed by atoms with Crippen molar-refractivity contribution < 1.29 is 40.6 Å². The molecule has 0 aliphatic heterocycles. The van der Waals surface area contributed by atoms with Gasteiger partial charge in [-0.25, -0.2) is 0 Å². The van der Waals surface area contributed by atoms with Crippen molar-refractivity contribution in [3.05, 3.63) is 23.8 Å². The third kappa shape index (κ3) is 8.99. The lowest BCUT2D eigenvalue weighted by atomic mass is 10.1. The fourth-order valence-electron chi connectivity index (χ4n) is 1.59. The highest BCUT2D eigenvalue weighted by Gasteiger charge is 2.30. The molecule has 1 rings (SSSR count). The Balaban J connectivity index is 0.00000625. The van der Waals surface area contributed by atoms with E-state index in [1.165, 1.54) is 6.92 Å². The molecular formula is C14H17ClF6N2O3. The Bertz CT molecular complexity index is 595. The van der Waals surface area contributed by atoms with Crippen LogP contribution in [0.25, 0.3) is 0 Å². The number of nitrogens with one attached hydrogen (secondary N) is 1. The van der Waals surface area contributed by atoms with Crippen LogP contribution >= 0.6 is 12.4 Å². The molecule has 1 aromatic rings. The summed E-state index contributed by atoms with van der Waals surface area (Å²) in [4.78, 5) is 12.1. The number of carbonyl (C=O) groups excluding carboxylic acids is 1. The summed E-state index contributed by atoms with van der Waals surface area (Å²) in [7, 11) is 0. The lowest BCUT2D eigenvalue weighted by Crippen LogP contribution is -2.38. The zero-order valence-electron chi connectivity index (χ0n) is 13.4. The molecule has 0 radical (unpaired) electrons. The smallest absolute Gasteiger partial charge is 0.422 e. The molecule has 0 unspecified atom stereocenters. The predicted molar refractivity (Wildman–Crippen MR) is 82.8 cm³/mol. The Kier molecular flexibility index (Phi) is 9.01. The van der Waals surface area contributed by atoms with Crippen molar-refractivity contribution in [1.82, 2.24) is 5.32 Å². The SMILES string of the molecule is C[C@@H](CN)NC(=O)c1cc(OCC(F)(F)F)ccc1OCC(F)(F)F.Cl. The number of hydrogen-bond acceptors (Lipinski definition) is 4. The Labute approximate surface area is 151 Å². The van der Waals surface area contributed by atoms with Gasteiger partial charge in [0.25, 0.3) is 5.91 Å². The molecule has 0 saturated heterocycles. The van der Waals surface area contributed by atoms with Crippen molar-refractivity contribution in [3.63, 3.8) is 0 Å². The second-order valence-electron chi connectivity index (χ2n) is 5.08. The highest BCUT2D eigenvalue weighted by molar-refractivity contribution is 5.97. The lowest BCUT2D eigenvalue weighted by molar-refractivity contribution is -0.154. The standard InChI is InChI=1S/C14H16F6N2O3.ClH/c1-8(5-21)22-12(23)10-4-9(24-6-13(15,16)17)2-3-11(10)25-7-14(18,19)20;/h2-4,8H,5-7,21H2,1H3,(H,22,23);1H/t8-;/m0./s1. The van der Waals surface area contributed by atoms with Crippen LogP contribution < -0.4 is 20.5 Å². The van der Waals surface area contributed by atoms with Gasteiger partial charge in [-0.1, -0.05) is 0 Å². The molecule has 150 valence electrons. The van der Waals surface area contributed by atoms with Crippen LogP contribution in [0.1, 0.15) is 17.3 Å². The van der Waals surface area contributed by atoms with Gasteiger partial charge < -0.3 is 20.5 Å². The third-order valence-corrected chi connectivity index (χ3v) is 2.72. The summed E-state index contributed by atoms with van der Waals surface area (Å²) < 4.78 is 82.4. The van der Waals surface area contributed by atoms with Crippen LogP contribution in [0.15, 0.2) is 18.2 Å². The quantitative estimate of drug-likeness (QED) is 0.678. The summed E-state index contributed by atoms with van der Waals surface area (Å²) in [5.74, 6) is -1.65. The van der Waals surface area contributed by atoms with Gasteiger partial charge in [0.05, 0.1) is 5.56 Å². The number of nitrogens with two attached hydrogens (primary N) is 1. The molecule has 0 aliphatic carbocycles. The van der Waals surface area contributed by atoms with Crippen LogP contribution in [0.3, 0.4) is 0 Å². The molecule has 5 nitrogen and oxygen atoms in total. The van der Waals surface area contributed by atoms with Gasteiger partial charge in [0.15, 0.2) is 13.2 Å². The molecule has 3 N–H and O–H groups in total.